The number of piperidine rings is 1. The Morgan fingerprint density at radius 2 is 1.88 bits per heavy atom. The summed E-state index contributed by atoms with van der Waals surface area (Å²) in [5.74, 6) is -2.70. The molecule has 0 saturated carbocycles. The second-order valence-corrected chi connectivity index (χ2v) is 5.45. The number of hydrogen-bond acceptors (Lipinski definition) is 4. The quantitative estimate of drug-likeness (QED) is 0.851. The van der Waals surface area contributed by atoms with E-state index in [4.69, 9.17) is 4.74 Å². The molecule has 1 aromatic carbocycles. The number of esters is 1. The number of amides is 1. The summed E-state index contributed by atoms with van der Waals surface area (Å²) in [5, 5.41) is 1.76. The van der Waals surface area contributed by atoms with E-state index in [9.17, 15) is 22.8 Å². The average molecular weight is 344 g/mol. The lowest BCUT2D eigenvalue weighted by Gasteiger charge is -2.30. The van der Waals surface area contributed by atoms with Gasteiger partial charge in [-0.15, -0.1) is 0 Å². The number of hydrogen-bond donors (Lipinski definition) is 1. The molecule has 24 heavy (non-hydrogen) atoms. The molecule has 1 heterocycles. The van der Waals surface area contributed by atoms with Gasteiger partial charge in [-0.25, -0.2) is 4.79 Å². The second kappa shape index (κ2) is 7.55. The SMILES string of the molecule is CCOC(=O)c1cc(NC(=O)C(F)(F)F)ccc1N1CCCCC1. The smallest absolute Gasteiger partial charge is 0.462 e. The van der Waals surface area contributed by atoms with Crippen molar-refractivity contribution in [2.24, 2.45) is 0 Å². The van der Waals surface area contributed by atoms with Gasteiger partial charge < -0.3 is 15.0 Å². The van der Waals surface area contributed by atoms with Gasteiger partial charge in [0.1, 0.15) is 0 Å². The van der Waals surface area contributed by atoms with Crippen molar-refractivity contribution < 1.29 is 27.5 Å². The van der Waals surface area contributed by atoms with Crippen molar-refractivity contribution in [1.29, 1.82) is 0 Å². The predicted octanol–water partition coefficient (Wildman–Crippen LogP) is 3.35. The molecule has 1 amide bonds. The Balaban J connectivity index is 2.31. The molecule has 1 aliphatic heterocycles. The van der Waals surface area contributed by atoms with Crippen LogP contribution in [-0.2, 0) is 9.53 Å². The minimum absolute atomic E-state index is 0.0962. The van der Waals surface area contributed by atoms with Crippen molar-refractivity contribution in [2.45, 2.75) is 32.4 Å². The number of carbonyl (C=O) groups is 2. The standard InChI is InChI=1S/C16H19F3N2O3/c1-2-24-14(22)12-10-11(20-15(23)16(17,18)19)6-7-13(12)21-8-4-3-5-9-21/h6-7,10H,2-5,8-9H2,1H3,(H,20,23). The number of anilines is 2. The molecule has 1 N–H and O–H groups in total. The summed E-state index contributed by atoms with van der Waals surface area (Å²) in [6.07, 6.45) is -1.93. The van der Waals surface area contributed by atoms with Crippen molar-refractivity contribution in [3.8, 4) is 0 Å². The third kappa shape index (κ3) is 4.39. The summed E-state index contributed by atoms with van der Waals surface area (Å²) >= 11 is 0. The van der Waals surface area contributed by atoms with Gasteiger partial charge in [0.2, 0.25) is 0 Å². The number of nitrogens with zero attached hydrogens (tertiary/aromatic N) is 1. The highest BCUT2D eigenvalue weighted by atomic mass is 19.4. The number of alkyl halides is 3. The van der Waals surface area contributed by atoms with Gasteiger partial charge in [0.25, 0.3) is 0 Å². The molecular formula is C16H19F3N2O3. The molecule has 5 nitrogen and oxygen atoms in total. The van der Waals surface area contributed by atoms with Gasteiger partial charge in [-0.2, -0.15) is 13.2 Å². The predicted molar refractivity (Wildman–Crippen MR) is 83.1 cm³/mol. The summed E-state index contributed by atoms with van der Waals surface area (Å²) in [6.45, 7) is 3.33. The number of carbonyl (C=O) groups excluding carboxylic acids is 2. The van der Waals surface area contributed by atoms with Crippen LogP contribution in [-0.4, -0.2) is 37.7 Å². The van der Waals surface area contributed by atoms with Gasteiger partial charge in [0.15, 0.2) is 0 Å². The molecule has 1 fully saturated rings. The first-order chi connectivity index (χ1) is 11.3. The van der Waals surface area contributed by atoms with Crippen molar-refractivity contribution >= 4 is 23.3 Å². The van der Waals surface area contributed by atoms with Crippen LogP contribution in [0.25, 0.3) is 0 Å². The van der Waals surface area contributed by atoms with Gasteiger partial charge in [0, 0.05) is 18.8 Å². The molecule has 0 bridgehead atoms. The fourth-order valence-electron chi connectivity index (χ4n) is 2.60. The molecule has 0 unspecified atom stereocenters. The lowest BCUT2D eigenvalue weighted by atomic mass is 10.1. The van der Waals surface area contributed by atoms with E-state index in [-0.39, 0.29) is 17.9 Å². The maximum Gasteiger partial charge on any atom is 0.471 e. The van der Waals surface area contributed by atoms with Crippen LogP contribution in [0.3, 0.4) is 0 Å². The lowest BCUT2D eigenvalue weighted by molar-refractivity contribution is -0.167. The fraction of sp³-hybridized carbons (Fsp3) is 0.500. The van der Waals surface area contributed by atoms with Crippen molar-refractivity contribution in [2.75, 3.05) is 29.9 Å². The summed E-state index contributed by atoms with van der Waals surface area (Å²) in [6, 6.07) is 4.13. The molecule has 0 radical (unpaired) electrons. The number of nitrogens with one attached hydrogen (secondary N) is 1. The molecule has 8 heteroatoms. The summed E-state index contributed by atoms with van der Waals surface area (Å²) in [4.78, 5) is 25.2. The van der Waals surface area contributed by atoms with Gasteiger partial charge in [-0.1, -0.05) is 0 Å². The maximum atomic E-state index is 12.4. The Kier molecular flexibility index (Phi) is 5.69. The van der Waals surface area contributed by atoms with Crippen LogP contribution < -0.4 is 10.2 Å². The number of rotatable bonds is 4. The highest BCUT2D eigenvalue weighted by molar-refractivity contribution is 6.00. The molecule has 1 aliphatic rings. The highest BCUT2D eigenvalue weighted by Gasteiger charge is 2.38. The van der Waals surface area contributed by atoms with Crippen LogP contribution in [0.4, 0.5) is 24.5 Å². The molecule has 0 atom stereocenters. The van der Waals surface area contributed by atoms with Crippen LogP contribution in [0, 0.1) is 0 Å². The summed E-state index contributed by atoms with van der Waals surface area (Å²) in [7, 11) is 0. The first-order valence-electron chi connectivity index (χ1n) is 7.77. The minimum atomic E-state index is -4.99. The van der Waals surface area contributed by atoms with E-state index in [1.165, 1.54) is 12.1 Å². The molecule has 2 rings (SSSR count). The maximum absolute atomic E-state index is 12.4. The van der Waals surface area contributed by atoms with Crippen LogP contribution in [0.2, 0.25) is 0 Å². The zero-order chi connectivity index (χ0) is 17.7. The molecule has 132 valence electrons. The van der Waals surface area contributed by atoms with Crippen molar-refractivity contribution in [3.63, 3.8) is 0 Å². The Labute approximate surface area is 137 Å². The van der Waals surface area contributed by atoms with Crippen LogP contribution in [0.1, 0.15) is 36.5 Å². The zero-order valence-corrected chi connectivity index (χ0v) is 13.3. The first-order valence-corrected chi connectivity index (χ1v) is 7.77. The largest absolute Gasteiger partial charge is 0.471 e. The van der Waals surface area contributed by atoms with Crippen LogP contribution in [0.5, 0.6) is 0 Å². The molecule has 0 spiro atoms. The number of ether oxygens (including phenoxy) is 1. The van der Waals surface area contributed by atoms with E-state index < -0.39 is 18.1 Å². The van der Waals surface area contributed by atoms with Gasteiger partial charge in [-0.3, -0.25) is 4.79 Å². The van der Waals surface area contributed by atoms with E-state index >= 15 is 0 Å². The molecule has 0 aromatic heterocycles. The summed E-state index contributed by atoms with van der Waals surface area (Å²) < 4.78 is 42.1. The van der Waals surface area contributed by atoms with E-state index in [0.29, 0.717) is 5.69 Å². The van der Waals surface area contributed by atoms with E-state index in [0.717, 1.165) is 32.4 Å². The third-order valence-corrected chi connectivity index (χ3v) is 3.70. The Morgan fingerprint density at radius 1 is 1.21 bits per heavy atom. The van der Waals surface area contributed by atoms with Gasteiger partial charge >= 0.3 is 18.1 Å². The lowest BCUT2D eigenvalue weighted by Crippen LogP contribution is -2.32. The number of benzene rings is 1. The first kappa shape index (κ1) is 18.1. The normalized spacial score (nSPS) is 15.1. The van der Waals surface area contributed by atoms with E-state index in [1.807, 2.05) is 4.90 Å². The third-order valence-electron chi connectivity index (χ3n) is 3.70. The Bertz CT molecular complexity index is 611. The van der Waals surface area contributed by atoms with Crippen LogP contribution >= 0.6 is 0 Å². The Morgan fingerprint density at radius 3 is 2.46 bits per heavy atom. The Hall–Kier alpha value is -2.25. The van der Waals surface area contributed by atoms with E-state index in [2.05, 4.69) is 0 Å². The monoisotopic (exact) mass is 344 g/mol. The molecule has 0 aliphatic carbocycles. The van der Waals surface area contributed by atoms with Gasteiger partial charge in [-0.05, 0) is 44.4 Å². The van der Waals surface area contributed by atoms with Gasteiger partial charge in [0.05, 0.1) is 17.9 Å². The van der Waals surface area contributed by atoms with E-state index in [1.54, 1.807) is 18.3 Å². The molecule has 1 aromatic rings. The zero-order valence-electron chi connectivity index (χ0n) is 13.3. The fourth-order valence-corrected chi connectivity index (χ4v) is 2.60. The van der Waals surface area contributed by atoms with Crippen molar-refractivity contribution in [3.05, 3.63) is 23.8 Å². The number of halogens is 3. The second-order valence-electron chi connectivity index (χ2n) is 5.45. The van der Waals surface area contributed by atoms with Crippen molar-refractivity contribution in [1.82, 2.24) is 0 Å². The average Bonchev–Trinajstić information content (AvgIpc) is 2.55. The topological polar surface area (TPSA) is 58.6 Å². The minimum Gasteiger partial charge on any atom is -0.462 e. The summed E-state index contributed by atoms with van der Waals surface area (Å²) in [5.41, 5.74) is 0.665. The molecule has 1 saturated heterocycles. The molecular weight excluding hydrogens is 325 g/mol. The van der Waals surface area contributed by atoms with Crippen LogP contribution in [0.15, 0.2) is 18.2 Å². The highest BCUT2D eigenvalue weighted by Crippen LogP contribution is 2.28.